The summed E-state index contributed by atoms with van der Waals surface area (Å²) in [5.74, 6) is -0.998. The summed E-state index contributed by atoms with van der Waals surface area (Å²) in [5, 5.41) is 19.3. The molecule has 0 bridgehead atoms. The van der Waals surface area contributed by atoms with Gasteiger partial charge in [-0.05, 0) is 25.3 Å². The van der Waals surface area contributed by atoms with Crippen LogP contribution in [0.25, 0.3) is 0 Å². The van der Waals surface area contributed by atoms with Gasteiger partial charge in [-0.25, -0.2) is 0 Å². The van der Waals surface area contributed by atoms with Crippen LogP contribution in [0.15, 0.2) is 12.2 Å². The van der Waals surface area contributed by atoms with Crippen molar-refractivity contribution in [1.82, 2.24) is 0 Å². The summed E-state index contributed by atoms with van der Waals surface area (Å²) in [6, 6.07) is 0. The van der Waals surface area contributed by atoms with E-state index in [1.54, 1.807) is 13.0 Å². The fourth-order valence-electron chi connectivity index (χ4n) is 3.65. The van der Waals surface area contributed by atoms with E-state index in [1.807, 2.05) is 6.08 Å². The number of carboxylic acid groups (broad SMARTS) is 1. The lowest BCUT2D eigenvalue weighted by molar-refractivity contribution is -0.141. The van der Waals surface area contributed by atoms with E-state index in [0.717, 1.165) is 44.9 Å². The lowest BCUT2D eigenvalue weighted by Gasteiger charge is -2.23. The standard InChI is InChI=1S/C21H36O4/c1-3-4-5-6-10-13-19(22)18-14-15-20(23)17(18)12-9-7-8-11-16(2)21(24)25/h14-19,22H,3-13H2,1-2H3,(H,24,25)/t16?,17-,18+,19?/m1/s1. The third-order valence-electron chi connectivity index (χ3n) is 5.43. The molecule has 0 aliphatic heterocycles. The summed E-state index contributed by atoms with van der Waals surface area (Å²) < 4.78 is 0. The summed E-state index contributed by atoms with van der Waals surface area (Å²) in [5.41, 5.74) is 0. The number of aliphatic hydroxyl groups is 1. The summed E-state index contributed by atoms with van der Waals surface area (Å²) in [4.78, 5) is 22.9. The van der Waals surface area contributed by atoms with Crippen molar-refractivity contribution in [3.05, 3.63) is 12.2 Å². The lowest BCUT2D eigenvalue weighted by atomic mass is 9.84. The monoisotopic (exact) mass is 352 g/mol. The van der Waals surface area contributed by atoms with Crippen molar-refractivity contribution in [3.8, 4) is 0 Å². The molecule has 0 radical (unpaired) electrons. The van der Waals surface area contributed by atoms with E-state index in [4.69, 9.17) is 5.11 Å². The molecular formula is C21H36O4. The zero-order valence-electron chi connectivity index (χ0n) is 16.0. The van der Waals surface area contributed by atoms with Crippen molar-refractivity contribution >= 4 is 11.8 Å². The molecule has 0 heterocycles. The van der Waals surface area contributed by atoms with Gasteiger partial charge in [0.05, 0.1) is 12.0 Å². The minimum atomic E-state index is -0.739. The van der Waals surface area contributed by atoms with Gasteiger partial charge in [-0.2, -0.15) is 0 Å². The molecule has 1 aliphatic carbocycles. The number of ketones is 1. The van der Waals surface area contributed by atoms with Gasteiger partial charge in [0.25, 0.3) is 0 Å². The average Bonchev–Trinajstić information content (AvgIpc) is 2.94. The summed E-state index contributed by atoms with van der Waals surface area (Å²) in [6.45, 7) is 3.93. The number of rotatable bonds is 14. The van der Waals surface area contributed by atoms with Gasteiger partial charge in [-0.3, -0.25) is 9.59 Å². The third kappa shape index (κ3) is 8.17. The van der Waals surface area contributed by atoms with Crippen LogP contribution in [0.3, 0.4) is 0 Å². The Hall–Kier alpha value is -1.16. The second-order valence-electron chi connectivity index (χ2n) is 7.59. The van der Waals surface area contributed by atoms with Crippen LogP contribution in [0.4, 0.5) is 0 Å². The number of carboxylic acids is 1. The minimum Gasteiger partial charge on any atom is -0.481 e. The topological polar surface area (TPSA) is 74.6 Å². The van der Waals surface area contributed by atoms with Crippen molar-refractivity contribution in [2.24, 2.45) is 17.8 Å². The number of aliphatic carboxylic acids is 1. The summed E-state index contributed by atoms with van der Waals surface area (Å²) in [6.07, 6.45) is 14.0. The van der Waals surface area contributed by atoms with Crippen LogP contribution >= 0.6 is 0 Å². The van der Waals surface area contributed by atoms with Crippen molar-refractivity contribution < 1.29 is 19.8 Å². The highest BCUT2D eigenvalue weighted by Gasteiger charge is 2.33. The fourth-order valence-corrected chi connectivity index (χ4v) is 3.65. The van der Waals surface area contributed by atoms with E-state index in [9.17, 15) is 14.7 Å². The number of carbonyl (C=O) groups is 2. The zero-order valence-corrected chi connectivity index (χ0v) is 16.0. The van der Waals surface area contributed by atoms with Gasteiger partial charge in [0.2, 0.25) is 0 Å². The van der Waals surface area contributed by atoms with Crippen molar-refractivity contribution in [1.29, 1.82) is 0 Å². The van der Waals surface area contributed by atoms with Gasteiger partial charge in [-0.1, -0.05) is 71.3 Å². The van der Waals surface area contributed by atoms with Crippen LogP contribution in [0.5, 0.6) is 0 Å². The molecule has 0 fully saturated rings. The Morgan fingerprint density at radius 1 is 1.08 bits per heavy atom. The van der Waals surface area contributed by atoms with E-state index in [1.165, 1.54) is 19.3 Å². The second-order valence-corrected chi connectivity index (χ2v) is 7.59. The predicted octanol–water partition coefficient (Wildman–Crippen LogP) is 4.75. The number of unbranched alkanes of at least 4 members (excludes halogenated alkanes) is 6. The Labute approximate surface area is 152 Å². The first-order valence-electron chi connectivity index (χ1n) is 10.1. The van der Waals surface area contributed by atoms with Crippen LogP contribution in [0.1, 0.15) is 84.5 Å². The van der Waals surface area contributed by atoms with Crippen LogP contribution in [-0.2, 0) is 9.59 Å². The van der Waals surface area contributed by atoms with Crippen molar-refractivity contribution in [2.75, 3.05) is 0 Å². The predicted molar refractivity (Wildman–Crippen MR) is 100 cm³/mol. The van der Waals surface area contributed by atoms with Crippen LogP contribution < -0.4 is 0 Å². The lowest BCUT2D eigenvalue weighted by Crippen LogP contribution is -2.27. The van der Waals surface area contributed by atoms with Crippen LogP contribution in [0, 0.1) is 17.8 Å². The quantitative estimate of drug-likeness (QED) is 0.442. The molecule has 25 heavy (non-hydrogen) atoms. The van der Waals surface area contributed by atoms with E-state index in [0.29, 0.717) is 6.42 Å². The minimum absolute atomic E-state index is 0.0309. The first-order chi connectivity index (χ1) is 12.0. The van der Waals surface area contributed by atoms with Gasteiger partial charge >= 0.3 is 5.97 Å². The summed E-state index contributed by atoms with van der Waals surface area (Å²) >= 11 is 0. The molecule has 0 amide bonds. The molecule has 144 valence electrons. The van der Waals surface area contributed by atoms with E-state index < -0.39 is 12.1 Å². The highest BCUT2D eigenvalue weighted by molar-refractivity contribution is 5.94. The largest absolute Gasteiger partial charge is 0.481 e. The highest BCUT2D eigenvalue weighted by atomic mass is 16.4. The Kier molecular flexibility index (Phi) is 10.7. The van der Waals surface area contributed by atoms with Gasteiger partial charge in [0.1, 0.15) is 0 Å². The molecule has 0 aromatic rings. The Morgan fingerprint density at radius 2 is 1.72 bits per heavy atom. The van der Waals surface area contributed by atoms with Gasteiger partial charge in [0.15, 0.2) is 5.78 Å². The van der Waals surface area contributed by atoms with E-state index in [-0.39, 0.29) is 23.5 Å². The average molecular weight is 353 g/mol. The molecule has 4 atom stereocenters. The molecule has 2 N–H and O–H groups in total. The molecule has 2 unspecified atom stereocenters. The molecule has 0 aromatic carbocycles. The molecule has 4 heteroatoms. The van der Waals surface area contributed by atoms with E-state index >= 15 is 0 Å². The molecule has 0 aromatic heterocycles. The maximum absolute atomic E-state index is 12.1. The Balaban J connectivity index is 2.27. The SMILES string of the molecule is CCCCCCCC(O)[C@H]1C=CC(=O)[C@@H]1CCCCCC(C)C(=O)O. The normalized spacial score (nSPS) is 22.3. The number of aliphatic hydroxyl groups excluding tert-OH is 1. The second kappa shape index (κ2) is 12.2. The van der Waals surface area contributed by atoms with Gasteiger partial charge in [0, 0.05) is 11.8 Å². The first-order valence-corrected chi connectivity index (χ1v) is 10.1. The molecule has 0 spiro atoms. The maximum atomic E-state index is 12.1. The van der Waals surface area contributed by atoms with Crippen LogP contribution in [0.2, 0.25) is 0 Å². The first kappa shape index (κ1) is 21.9. The molecular weight excluding hydrogens is 316 g/mol. The third-order valence-corrected chi connectivity index (χ3v) is 5.43. The van der Waals surface area contributed by atoms with Gasteiger partial charge in [-0.15, -0.1) is 0 Å². The van der Waals surface area contributed by atoms with Gasteiger partial charge < -0.3 is 10.2 Å². The fraction of sp³-hybridized carbons (Fsp3) is 0.810. The number of allylic oxidation sites excluding steroid dienone is 1. The zero-order chi connectivity index (χ0) is 18.7. The summed E-state index contributed by atoms with van der Waals surface area (Å²) in [7, 11) is 0. The van der Waals surface area contributed by atoms with Crippen LogP contribution in [-0.4, -0.2) is 28.1 Å². The molecule has 1 rings (SSSR count). The number of hydrogen-bond acceptors (Lipinski definition) is 3. The van der Waals surface area contributed by atoms with Crippen molar-refractivity contribution in [3.63, 3.8) is 0 Å². The molecule has 0 saturated heterocycles. The number of hydrogen-bond donors (Lipinski definition) is 2. The molecule has 1 aliphatic rings. The maximum Gasteiger partial charge on any atom is 0.306 e. The Bertz CT molecular complexity index is 430. The Morgan fingerprint density at radius 3 is 2.40 bits per heavy atom. The molecule has 4 nitrogen and oxygen atoms in total. The highest BCUT2D eigenvalue weighted by Crippen LogP contribution is 2.32. The van der Waals surface area contributed by atoms with E-state index in [2.05, 4.69) is 6.92 Å². The smallest absolute Gasteiger partial charge is 0.306 e. The molecule has 0 saturated carbocycles. The van der Waals surface area contributed by atoms with Crippen molar-refractivity contribution in [2.45, 2.75) is 90.6 Å². The number of carbonyl (C=O) groups excluding carboxylic acids is 1.